The molecule has 3 heterocycles. The number of nitrogens with zero attached hydrogens (tertiary/aromatic N) is 3. The SMILES string of the molecule is Cc1oc(-c2cccs2)nc1CN1CCCC(N(C)C)C1. The van der Waals surface area contributed by atoms with Crippen LogP contribution in [0.15, 0.2) is 21.9 Å². The van der Waals surface area contributed by atoms with Crippen LogP contribution in [0.5, 0.6) is 0 Å². The number of oxazole rings is 1. The van der Waals surface area contributed by atoms with E-state index < -0.39 is 0 Å². The minimum atomic E-state index is 0.655. The molecule has 0 aliphatic carbocycles. The lowest BCUT2D eigenvalue weighted by molar-refractivity contribution is 0.126. The molecule has 21 heavy (non-hydrogen) atoms. The van der Waals surface area contributed by atoms with Gasteiger partial charge in [-0.15, -0.1) is 11.3 Å². The van der Waals surface area contributed by atoms with Crippen molar-refractivity contribution in [1.82, 2.24) is 14.8 Å². The Balaban J connectivity index is 1.70. The standard InChI is InChI=1S/C16H23N3OS/c1-12-14(17-16(20-12)15-7-5-9-21-15)11-19-8-4-6-13(10-19)18(2)3/h5,7,9,13H,4,6,8,10-11H2,1-3H3. The van der Waals surface area contributed by atoms with E-state index in [1.54, 1.807) is 11.3 Å². The third kappa shape index (κ3) is 3.36. The van der Waals surface area contributed by atoms with Gasteiger partial charge in [0.05, 0.1) is 10.6 Å². The Morgan fingerprint density at radius 1 is 1.48 bits per heavy atom. The number of hydrogen-bond donors (Lipinski definition) is 0. The molecule has 1 fully saturated rings. The first-order valence-corrected chi connectivity index (χ1v) is 8.40. The van der Waals surface area contributed by atoms with Gasteiger partial charge < -0.3 is 9.32 Å². The average molecular weight is 305 g/mol. The van der Waals surface area contributed by atoms with Crippen LogP contribution < -0.4 is 0 Å². The molecule has 114 valence electrons. The van der Waals surface area contributed by atoms with Crippen molar-refractivity contribution in [3.05, 3.63) is 29.0 Å². The molecule has 1 aliphatic rings. The summed E-state index contributed by atoms with van der Waals surface area (Å²) < 4.78 is 5.84. The molecular weight excluding hydrogens is 282 g/mol. The topological polar surface area (TPSA) is 32.5 Å². The van der Waals surface area contributed by atoms with Crippen molar-refractivity contribution in [1.29, 1.82) is 0 Å². The van der Waals surface area contributed by atoms with Crippen LogP contribution in [0.4, 0.5) is 0 Å². The molecule has 1 aliphatic heterocycles. The van der Waals surface area contributed by atoms with Crippen LogP contribution >= 0.6 is 11.3 Å². The zero-order valence-electron chi connectivity index (χ0n) is 13.0. The molecule has 0 spiro atoms. The van der Waals surface area contributed by atoms with E-state index >= 15 is 0 Å². The van der Waals surface area contributed by atoms with E-state index in [1.165, 1.54) is 12.8 Å². The molecule has 0 bridgehead atoms. The molecule has 0 amide bonds. The first kappa shape index (κ1) is 14.8. The third-order valence-electron chi connectivity index (χ3n) is 4.21. The lowest BCUT2D eigenvalue weighted by atomic mass is 10.0. The minimum Gasteiger partial charge on any atom is -0.440 e. The van der Waals surface area contributed by atoms with Gasteiger partial charge in [0.2, 0.25) is 5.89 Å². The summed E-state index contributed by atoms with van der Waals surface area (Å²) in [6, 6.07) is 4.75. The van der Waals surface area contributed by atoms with Crippen molar-refractivity contribution in [3.8, 4) is 10.8 Å². The molecule has 0 saturated carbocycles. The molecule has 2 aromatic rings. The Hall–Kier alpha value is -1.17. The Morgan fingerprint density at radius 2 is 2.33 bits per heavy atom. The molecule has 1 atom stereocenters. The van der Waals surface area contributed by atoms with Gasteiger partial charge in [-0.3, -0.25) is 4.90 Å². The monoisotopic (exact) mass is 305 g/mol. The highest BCUT2D eigenvalue weighted by molar-refractivity contribution is 7.13. The summed E-state index contributed by atoms with van der Waals surface area (Å²) in [5, 5.41) is 2.06. The summed E-state index contributed by atoms with van der Waals surface area (Å²) in [4.78, 5) is 10.6. The molecular formula is C16H23N3OS. The number of rotatable bonds is 4. The van der Waals surface area contributed by atoms with Crippen LogP contribution in [-0.4, -0.2) is 48.0 Å². The van der Waals surface area contributed by atoms with Gasteiger partial charge in [-0.25, -0.2) is 4.98 Å². The van der Waals surface area contributed by atoms with Gasteiger partial charge in [-0.1, -0.05) is 6.07 Å². The summed E-state index contributed by atoms with van der Waals surface area (Å²) in [7, 11) is 4.34. The van der Waals surface area contributed by atoms with Gasteiger partial charge in [0.15, 0.2) is 0 Å². The zero-order valence-corrected chi connectivity index (χ0v) is 13.8. The van der Waals surface area contributed by atoms with Gasteiger partial charge in [0, 0.05) is 19.1 Å². The fourth-order valence-electron chi connectivity index (χ4n) is 2.89. The highest BCUT2D eigenvalue weighted by atomic mass is 32.1. The van der Waals surface area contributed by atoms with Crippen LogP contribution in [-0.2, 0) is 6.54 Å². The molecule has 2 aromatic heterocycles. The second-order valence-electron chi connectivity index (χ2n) is 5.99. The van der Waals surface area contributed by atoms with Gasteiger partial charge in [-0.05, 0) is 51.9 Å². The Morgan fingerprint density at radius 3 is 3.05 bits per heavy atom. The van der Waals surface area contributed by atoms with Crippen molar-refractivity contribution in [3.63, 3.8) is 0 Å². The van der Waals surface area contributed by atoms with Crippen LogP contribution in [0.3, 0.4) is 0 Å². The Kier molecular flexibility index (Phi) is 4.42. The second kappa shape index (κ2) is 6.30. The first-order valence-electron chi connectivity index (χ1n) is 7.52. The van der Waals surface area contributed by atoms with Gasteiger partial charge in [0.1, 0.15) is 5.76 Å². The van der Waals surface area contributed by atoms with Crippen molar-refractivity contribution >= 4 is 11.3 Å². The van der Waals surface area contributed by atoms with E-state index in [0.717, 1.165) is 41.9 Å². The van der Waals surface area contributed by atoms with E-state index in [9.17, 15) is 0 Å². The number of hydrogen-bond acceptors (Lipinski definition) is 5. The Bertz CT molecular complexity index is 576. The van der Waals surface area contributed by atoms with E-state index in [4.69, 9.17) is 9.40 Å². The summed E-state index contributed by atoms with van der Waals surface area (Å²) in [6.07, 6.45) is 2.55. The van der Waals surface area contributed by atoms with Crippen molar-refractivity contribution in [2.75, 3.05) is 27.2 Å². The molecule has 0 aromatic carbocycles. The summed E-state index contributed by atoms with van der Waals surface area (Å²) in [6.45, 7) is 5.19. The molecule has 4 nitrogen and oxygen atoms in total. The predicted molar refractivity (Wildman–Crippen MR) is 86.5 cm³/mol. The number of thiophene rings is 1. The normalized spacial score (nSPS) is 20.3. The van der Waals surface area contributed by atoms with Crippen LogP contribution in [0, 0.1) is 6.92 Å². The quantitative estimate of drug-likeness (QED) is 0.868. The largest absolute Gasteiger partial charge is 0.440 e. The van der Waals surface area contributed by atoms with Crippen LogP contribution in [0.1, 0.15) is 24.3 Å². The molecule has 3 rings (SSSR count). The number of likely N-dealkylation sites (tertiary alicyclic amines) is 1. The average Bonchev–Trinajstić information content (AvgIpc) is 3.10. The van der Waals surface area contributed by atoms with Crippen LogP contribution in [0.2, 0.25) is 0 Å². The van der Waals surface area contributed by atoms with Crippen molar-refractivity contribution in [2.45, 2.75) is 32.4 Å². The maximum absolute atomic E-state index is 5.84. The summed E-state index contributed by atoms with van der Waals surface area (Å²) in [5.74, 6) is 1.71. The number of likely N-dealkylation sites (N-methyl/N-ethyl adjacent to an activating group) is 1. The molecule has 0 radical (unpaired) electrons. The van der Waals surface area contributed by atoms with Gasteiger partial charge >= 0.3 is 0 Å². The van der Waals surface area contributed by atoms with E-state index in [-0.39, 0.29) is 0 Å². The third-order valence-corrected chi connectivity index (χ3v) is 5.07. The molecule has 0 N–H and O–H groups in total. The summed E-state index contributed by atoms with van der Waals surface area (Å²) >= 11 is 1.67. The van der Waals surface area contributed by atoms with E-state index in [1.807, 2.05) is 13.0 Å². The fraction of sp³-hybridized carbons (Fsp3) is 0.562. The lowest BCUT2D eigenvalue weighted by Crippen LogP contribution is -2.44. The molecule has 1 saturated heterocycles. The maximum atomic E-state index is 5.84. The van der Waals surface area contributed by atoms with Crippen LogP contribution in [0.25, 0.3) is 10.8 Å². The number of piperidine rings is 1. The highest BCUT2D eigenvalue weighted by Gasteiger charge is 2.23. The maximum Gasteiger partial charge on any atom is 0.236 e. The fourth-order valence-corrected chi connectivity index (χ4v) is 3.54. The smallest absolute Gasteiger partial charge is 0.236 e. The zero-order chi connectivity index (χ0) is 14.8. The summed E-state index contributed by atoms with van der Waals surface area (Å²) in [5.41, 5.74) is 1.08. The molecule has 1 unspecified atom stereocenters. The van der Waals surface area contributed by atoms with Crippen molar-refractivity contribution in [2.24, 2.45) is 0 Å². The van der Waals surface area contributed by atoms with E-state index in [2.05, 4.69) is 35.3 Å². The highest BCUT2D eigenvalue weighted by Crippen LogP contribution is 2.27. The Labute approximate surface area is 130 Å². The van der Waals surface area contributed by atoms with Crippen molar-refractivity contribution < 1.29 is 4.42 Å². The predicted octanol–water partition coefficient (Wildman–Crippen LogP) is 3.24. The van der Waals surface area contributed by atoms with Gasteiger partial charge in [-0.2, -0.15) is 0 Å². The second-order valence-corrected chi connectivity index (χ2v) is 6.94. The minimum absolute atomic E-state index is 0.655. The van der Waals surface area contributed by atoms with E-state index in [0.29, 0.717) is 6.04 Å². The number of aromatic nitrogens is 1. The number of aryl methyl sites for hydroxylation is 1. The van der Waals surface area contributed by atoms with Gasteiger partial charge in [0.25, 0.3) is 0 Å². The molecule has 5 heteroatoms. The first-order chi connectivity index (χ1) is 10.1. The lowest BCUT2D eigenvalue weighted by Gasteiger charge is -2.35.